The number of carbonyl (C=O) groups is 3. The Kier molecular flexibility index (Phi) is 7.91. The molecule has 0 unspecified atom stereocenters. The third-order valence-corrected chi connectivity index (χ3v) is 4.24. The largest absolute Gasteiger partial charge is 0.462 e. The first-order chi connectivity index (χ1) is 13.0. The van der Waals surface area contributed by atoms with Crippen LogP contribution in [0.3, 0.4) is 0 Å². The minimum atomic E-state index is -0.365. The van der Waals surface area contributed by atoms with Crippen molar-refractivity contribution in [3.8, 4) is 0 Å². The van der Waals surface area contributed by atoms with Crippen molar-refractivity contribution in [3.63, 3.8) is 0 Å². The molecule has 0 aromatic heterocycles. The van der Waals surface area contributed by atoms with E-state index in [1.54, 1.807) is 43.0 Å². The van der Waals surface area contributed by atoms with Crippen molar-refractivity contribution >= 4 is 23.7 Å². The molecule has 1 saturated heterocycles. The number of hydrogen-bond acceptors (Lipinski definition) is 6. The maximum absolute atomic E-state index is 12.1. The summed E-state index contributed by atoms with van der Waals surface area (Å²) in [5.41, 5.74) is 1.22. The Labute approximate surface area is 159 Å². The number of hydrogen-bond donors (Lipinski definition) is 2. The van der Waals surface area contributed by atoms with E-state index in [1.165, 1.54) is 0 Å². The number of esters is 1. The molecule has 1 fully saturated rings. The summed E-state index contributed by atoms with van der Waals surface area (Å²) in [5, 5.41) is 6.00. The molecule has 8 nitrogen and oxygen atoms in total. The van der Waals surface area contributed by atoms with Gasteiger partial charge in [-0.1, -0.05) is 0 Å². The van der Waals surface area contributed by atoms with Crippen LogP contribution in [0.15, 0.2) is 24.3 Å². The van der Waals surface area contributed by atoms with E-state index in [-0.39, 0.29) is 30.6 Å². The molecule has 8 heteroatoms. The van der Waals surface area contributed by atoms with Gasteiger partial charge < -0.3 is 25.0 Å². The molecule has 1 aromatic rings. The van der Waals surface area contributed by atoms with Crippen molar-refractivity contribution in [2.45, 2.75) is 32.7 Å². The molecule has 1 heterocycles. The van der Waals surface area contributed by atoms with Crippen molar-refractivity contribution < 1.29 is 23.9 Å². The maximum atomic E-state index is 12.1. The molecule has 27 heavy (non-hydrogen) atoms. The predicted molar refractivity (Wildman–Crippen MR) is 101 cm³/mol. The van der Waals surface area contributed by atoms with Crippen molar-refractivity contribution in [2.24, 2.45) is 0 Å². The van der Waals surface area contributed by atoms with Gasteiger partial charge in [-0.3, -0.25) is 4.79 Å². The van der Waals surface area contributed by atoms with E-state index in [0.29, 0.717) is 44.7 Å². The predicted octanol–water partition coefficient (Wildman–Crippen LogP) is 2.01. The monoisotopic (exact) mass is 377 g/mol. The molecule has 0 saturated carbocycles. The topological polar surface area (TPSA) is 97.0 Å². The Bertz CT molecular complexity index is 639. The van der Waals surface area contributed by atoms with Crippen molar-refractivity contribution in [1.29, 1.82) is 0 Å². The van der Waals surface area contributed by atoms with Crippen molar-refractivity contribution in [1.82, 2.24) is 10.2 Å². The second-order valence-corrected chi connectivity index (χ2v) is 6.18. The third kappa shape index (κ3) is 6.47. The smallest absolute Gasteiger partial charge is 0.409 e. The van der Waals surface area contributed by atoms with Crippen molar-refractivity contribution in [3.05, 3.63) is 29.8 Å². The summed E-state index contributed by atoms with van der Waals surface area (Å²) in [6.45, 7) is 5.52. The van der Waals surface area contributed by atoms with Gasteiger partial charge in [0.1, 0.15) is 0 Å². The lowest BCUT2D eigenvalue weighted by Crippen LogP contribution is -2.47. The number of amides is 2. The molecular formula is C19H27N3O5. The molecule has 1 aliphatic rings. The van der Waals surface area contributed by atoms with E-state index in [4.69, 9.17) is 9.47 Å². The fraction of sp³-hybridized carbons (Fsp3) is 0.526. The summed E-state index contributed by atoms with van der Waals surface area (Å²) in [5.74, 6) is -0.477. The van der Waals surface area contributed by atoms with Crippen LogP contribution in [0, 0.1) is 0 Å². The Morgan fingerprint density at radius 2 is 1.67 bits per heavy atom. The van der Waals surface area contributed by atoms with Crippen LogP contribution in [0.4, 0.5) is 10.5 Å². The Morgan fingerprint density at radius 1 is 1.04 bits per heavy atom. The summed E-state index contributed by atoms with van der Waals surface area (Å²) >= 11 is 0. The Hall–Kier alpha value is -2.77. The van der Waals surface area contributed by atoms with Crippen LogP contribution in [0.25, 0.3) is 0 Å². The number of carbonyl (C=O) groups excluding carboxylic acids is 3. The average Bonchev–Trinajstić information content (AvgIpc) is 2.68. The van der Waals surface area contributed by atoms with Gasteiger partial charge in [0.15, 0.2) is 0 Å². The number of ether oxygens (including phenoxy) is 2. The molecule has 0 atom stereocenters. The highest BCUT2D eigenvalue weighted by atomic mass is 16.6. The highest BCUT2D eigenvalue weighted by Gasteiger charge is 2.24. The van der Waals surface area contributed by atoms with Gasteiger partial charge in [-0.25, -0.2) is 9.59 Å². The molecular weight excluding hydrogens is 350 g/mol. The highest BCUT2D eigenvalue weighted by Crippen LogP contribution is 2.12. The second kappa shape index (κ2) is 10.4. The maximum Gasteiger partial charge on any atom is 0.409 e. The lowest BCUT2D eigenvalue weighted by molar-refractivity contribution is -0.120. The normalized spacial score (nSPS) is 14.4. The zero-order valence-corrected chi connectivity index (χ0v) is 15.8. The molecule has 148 valence electrons. The number of rotatable bonds is 7. The first kappa shape index (κ1) is 20.5. The third-order valence-electron chi connectivity index (χ3n) is 4.24. The van der Waals surface area contributed by atoms with E-state index >= 15 is 0 Å². The Morgan fingerprint density at radius 3 is 2.26 bits per heavy atom. The molecule has 2 amide bonds. The molecule has 1 aromatic carbocycles. The van der Waals surface area contributed by atoms with Crippen LogP contribution < -0.4 is 10.6 Å². The molecule has 0 bridgehead atoms. The van der Waals surface area contributed by atoms with Gasteiger partial charge in [0.05, 0.1) is 25.3 Å². The van der Waals surface area contributed by atoms with Gasteiger partial charge >= 0.3 is 12.1 Å². The van der Waals surface area contributed by atoms with Crippen molar-refractivity contribution in [2.75, 3.05) is 38.2 Å². The first-order valence-corrected chi connectivity index (χ1v) is 9.25. The quantitative estimate of drug-likeness (QED) is 0.706. The summed E-state index contributed by atoms with van der Waals surface area (Å²) in [6, 6.07) is 6.83. The number of benzene rings is 1. The lowest BCUT2D eigenvalue weighted by atomic mass is 10.1. The summed E-state index contributed by atoms with van der Waals surface area (Å²) in [4.78, 5) is 37.0. The Balaban J connectivity index is 1.71. The van der Waals surface area contributed by atoms with Crippen LogP contribution in [0.1, 0.15) is 37.0 Å². The van der Waals surface area contributed by atoms with Crippen LogP contribution in [-0.2, 0) is 14.3 Å². The standard InChI is InChI=1S/C19H27N3O5/c1-3-26-18(24)14-5-7-15(8-6-14)20-13-17(23)21-16-9-11-22(12-10-16)19(25)27-4-2/h5-8,16,20H,3-4,9-13H2,1-2H3,(H,21,23). The van der Waals surface area contributed by atoms with Gasteiger partial charge in [-0.15, -0.1) is 0 Å². The van der Waals surface area contributed by atoms with Crippen LogP contribution in [0.5, 0.6) is 0 Å². The number of nitrogens with zero attached hydrogens (tertiary/aromatic N) is 1. The van der Waals surface area contributed by atoms with Crippen LogP contribution in [-0.4, -0.2) is 61.8 Å². The van der Waals surface area contributed by atoms with Gasteiger partial charge in [-0.2, -0.15) is 0 Å². The fourth-order valence-corrected chi connectivity index (χ4v) is 2.82. The van der Waals surface area contributed by atoms with Gasteiger partial charge in [0.25, 0.3) is 0 Å². The molecule has 0 radical (unpaired) electrons. The van der Waals surface area contributed by atoms with E-state index in [9.17, 15) is 14.4 Å². The average molecular weight is 377 g/mol. The van der Waals surface area contributed by atoms with E-state index in [2.05, 4.69) is 10.6 Å². The summed E-state index contributed by atoms with van der Waals surface area (Å²) < 4.78 is 9.91. The van der Waals surface area contributed by atoms with E-state index in [0.717, 1.165) is 5.69 Å². The number of nitrogens with one attached hydrogen (secondary N) is 2. The zero-order valence-electron chi connectivity index (χ0n) is 15.8. The molecule has 2 N–H and O–H groups in total. The number of piperidine rings is 1. The van der Waals surface area contributed by atoms with Crippen LogP contribution in [0.2, 0.25) is 0 Å². The number of anilines is 1. The van der Waals surface area contributed by atoms with Crippen LogP contribution >= 0.6 is 0 Å². The second-order valence-electron chi connectivity index (χ2n) is 6.18. The van der Waals surface area contributed by atoms with E-state index in [1.807, 2.05) is 0 Å². The van der Waals surface area contributed by atoms with Gasteiger partial charge in [-0.05, 0) is 51.0 Å². The molecule has 2 rings (SSSR count). The van der Waals surface area contributed by atoms with E-state index < -0.39 is 0 Å². The minimum Gasteiger partial charge on any atom is -0.462 e. The lowest BCUT2D eigenvalue weighted by Gasteiger charge is -2.31. The summed E-state index contributed by atoms with van der Waals surface area (Å²) in [6.07, 6.45) is 1.12. The molecule has 0 spiro atoms. The SMILES string of the molecule is CCOC(=O)c1ccc(NCC(=O)NC2CCN(C(=O)OCC)CC2)cc1. The fourth-order valence-electron chi connectivity index (χ4n) is 2.82. The highest BCUT2D eigenvalue weighted by molar-refractivity contribution is 5.90. The summed E-state index contributed by atoms with van der Waals surface area (Å²) in [7, 11) is 0. The molecule has 0 aliphatic carbocycles. The van der Waals surface area contributed by atoms with Gasteiger partial charge in [0.2, 0.25) is 5.91 Å². The number of likely N-dealkylation sites (tertiary alicyclic amines) is 1. The minimum absolute atomic E-state index is 0.0520. The van der Waals surface area contributed by atoms with Gasteiger partial charge in [0, 0.05) is 24.8 Å². The molecule has 1 aliphatic heterocycles. The first-order valence-electron chi connectivity index (χ1n) is 9.25. The zero-order chi connectivity index (χ0) is 19.6.